The summed E-state index contributed by atoms with van der Waals surface area (Å²) in [6.45, 7) is 10.9. The van der Waals surface area contributed by atoms with Crippen LogP contribution in [0.15, 0.2) is 12.7 Å². The van der Waals surface area contributed by atoms with Gasteiger partial charge in [-0.15, -0.1) is 6.58 Å². The Labute approximate surface area is 106 Å². The van der Waals surface area contributed by atoms with Crippen LogP contribution in [0.4, 0.5) is 0 Å². The first-order valence-corrected chi connectivity index (χ1v) is 7.34. The second kappa shape index (κ2) is 5.53. The molecule has 1 heterocycles. The lowest BCUT2D eigenvalue weighted by atomic mass is 9.79. The zero-order valence-electron chi connectivity index (χ0n) is 11.5. The summed E-state index contributed by atoms with van der Waals surface area (Å²) < 4.78 is 0. The number of piperazine rings is 1. The molecule has 0 aromatic heterocycles. The Bertz CT molecular complexity index is 256. The predicted octanol–water partition coefficient (Wildman–Crippen LogP) is 2.95. The summed E-state index contributed by atoms with van der Waals surface area (Å²) in [5, 5.41) is 3.87. The van der Waals surface area contributed by atoms with Crippen LogP contribution < -0.4 is 5.32 Å². The third kappa shape index (κ3) is 2.74. The average molecular weight is 236 g/mol. The van der Waals surface area contributed by atoms with Crippen LogP contribution in [-0.2, 0) is 0 Å². The standard InChI is InChI=1S/C15H28N2/c1-4-13(3)17-12-15(9-7-6-8-10-15)16-11-14(17)5-2/h4,13-14,16H,1,5-12H2,2-3H3. The minimum atomic E-state index is 0.418. The Morgan fingerprint density at radius 1 is 1.41 bits per heavy atom. The van der Waals surface area contributed by atoms with Gasteiger partial charge in [0.05, 0.1) is 0 Å². The molecule has 1 saturated heterocycles. The fourth-order valence-electron chi connectivity index (χ4n) is 3.54. The summed E-state index contributed by atoms with van der Waals surface area (Å²) in [4.78, 5) is 2.68. The van der Waals surface area contributed by atoms with E-state index in [1.54, 1.807) is 0 Å². The van der Waals surface area contributed by atoms with Gasteiger partial charge in [0.25, 0.3) is 0 Å². The van der Waals surface area contributed by atoms with Gasteiger partial charge in [0.1, 0.15) is 0 Å². The fraction of sp³-hybridized carbons (Fsp3) is 0.867. The van der Waals surface area contributed by atoms with Gasteiger partial charge >= 0.3 is 0 Å². The van der Waals surface area contributed by atoms with Crippen LogP contribution in [0.25, 0.3) is 0 Å². The molecular formula is C15H28N2. The van der Waals surface area contributed by atoms with Crippen LogP contribution in [0, 0.1) is 0 Å². The highest BCUT2D eigenvalue weighted by molar-refractivity contribution is 5.02. The number of rotatable bonds is 3. The van der Waals surface area contributed by atoms with Crippen molar-refractivity contribution in [2.75, 3.05) is 13.1 Å². The molecule has 1 spiro atoms. The Hall–Kier alpha value is -0.340. The second-order valence-electron chi connectivity index (χ2n) is 5.93. The van der Waals surface area contributed by atoms with E-state index in [0.717, 1.165) is 6.54 Å². The van der Waals surface area contributed by atoms with Crippen LogP contribution in [0.1, 0.15) is 52.4 Å². The maximum atomic E-state index is 3.98. The van der Waals surface area contributed by atoms with Gasteiger partial charge in [-0.1, -0.05) is 32.3 Å². The van der Waals surface area contributed by atoms with E-state index in [1.165, 1.54) is 45.1 Å². The largest absolute Gasteiger partial charge is 0.308 e. The van der Waals surface area contributed by atoms with E-state index in [-0.39, 0.29) is 0 Å². The number of nitrogens with zero attached hydrogens (tertiary/aromatic N) is 1. The summed E-state index contributed by atoms with van der Waals surface area (Å²) in [7, 11) is 0. The normalized spacial score (nSPS) is 31.3. The molecule has 1 aliphatic carbocycles. The number of hydrogen-bond acceptors (Lipinski definition) is 2. The fourth-order valence-corrected chi connectivity index (χ4v) is 3.54. The highest BCUT2D eigenvalue weighted by Crippen LogP contribution is 2.33. The molecule has 2 nitrogen and oxygen atoms in total. The maximum Gasteiger partial charge on any atom is 0.0309 e. The predicted molar refractivity (Wildman–Crippen MR) is 74.3 cm³/mol. The lowest BCUT2D eigenvalue weighted by Crippen LogP contribution is -2.66. The highest BCUT2D eigenvalue weighted by Gasteiger charge is 2.40. The minimum absolute atomic E-state index is 0.418. The zero-order valence-corrected chi connectivity index (χ0v) is 11.5. The average Bonchev–Trinajstić information content (AvgIpc) is 2.39. The van der Waals surface area contributed by atoms with Crippen molar-refractivity contribution in [3.05, 3.63) is 12.7 Å². The summed E-state index contributed by atoms with van der Waals surface area (Å²) in [6, 6.07) is 1.21. The number of hydrogen-bond donors (Lipinski definition) is 1. The van der Waals surface area contributed by atoms with Crippen LogP contribution in [0.2, 0.25) is 0 Å². The van der Waals surface area contributed by atoms with Crippen LogP contribution in [0.5, 0.6) is 0 Å². The molecule has 2 fully saturated rings. The molecule has 2 unspecified atom stereocenters. The smallest absolute Gasteiger partial charge is 0.0309 e. The van der Waals surface area contributed by atoms with Gasteiger partial charge in [-0.25, -0.2) is 0 Å². The van der Waals surface area contributed by atoms with E-state index in [4.69, 9.17) is 0 Å². The third-order valence-corrected chi connectivity index (χ3v) is 4.81. The van der Waals surface area contributed by atoms with E-state index < -0.39 is 0 Å². The van der Waals surface area contributed by atoms with Crippen molar-refractivity contribution in [3.8, 4) is 0 Å². The molecule has 2 heteroatoms. The molecule has 2 rings (SSSR count). The lowest BCUT2D eigenvalue weighted by Gasteiger charge is -2.51. The Morgan fingerprint density at radius 2 is 2.12 bits per heavy atom. The second-order valence-corrected chi connectivity index (χ2v) is 5.93. The van der Waals surface area contributed by atoms with Crippen molar-refractivity contribution in [3.63, 3.8) is 0 Å². The summed E-state index contributed by atoms with van der Waals surface area (Å²) >= 11 is 0. The van der Waals surface area contributed by atoms with Crippen LogP contribution in [0.3, 0.4) is 0 Å². The van der Waals surface area contributed by atoms with Gasteiger partial charge in [0.2, 0.25) is 0 Å². The van der Waals surface area contributed by atoms with Gasteiger partial charge in [-0.2, -0.15) is 0 Å². The molecule has 2 atom stereocenters. The first-order valence-electron chi connectivity index (χ1n) is 7.34. The van der Waals surface area contributed by atoms with Gasteiger partial charge in [0.15, 0.2) is 0 Å². The molecule has 1 saturated carbocycles. The number of nitrogens with one attached hydrogen (secondary N) is 1. The molecule has 0 bridgehead atoms. The van der Waals surface area contributed by atoms with Crippen LogP contribution >= 0.6 is 0 Å². The monoisotopic (exact) mass is 236 g/mol. The summed E-state index contributed by atoms with van der Waals surface area (Å²) in [5.41, 5.74) is 0.418. The van der Waals surface area contributed by atoms with Crippen molar-refractivity contribution in [2.24, 2.45) is 0 Å². The van der Waals surface area contributed by atoms with E-state index >= 15 is 0 Å². The van der Waals surface area contributed by atoms with Gasteiger partial charge in [0, 0.05) is 30.7 Å². The molecule has 2 aliphatic rings. The molecule has 0 aromatic rings. The van der Waals surface area contributed by atoms with Crippen molar-refractivity contribution >= 4 is 0 Å². The lowest BCUT2D eigenvalue weighted by molar-refractivity contribution is 0.0401. The first-order chi connectivity index (χ1) is 8.21. The van der Waals surface area contributed by atoms with Crippen molar-refractivity contribution in [1.29, 1.82) is 0 Å². The Kier molecular flexibility index (Phi) is 4.26. The quantitative estimate of drug-likeness (QED) is 0.758. The zero-order chi connectivity index (χ0) is 12.3. The maximum absolute atomic E-state index is 3.98. The van der Waals surface area contributed by atoms with E-state index in [9.17, 15) is 0 Å². The van der Waals surface area contributed by atoms with Crippen molar-refractivity contribution in [1.82, 2.24) is 10.2 Å². The van der Waals surface area contributed by atoms with Gasteiger partial charge in [-0.3, -0.25) is 4.90 Å². The minimum Gasteiger partial charge on any atom is -0.308 e. The van der Waals surface area contributed by atoms with Gasteiger partial charge in [-0.05, 0) is 26.2 Å². The molecule has 0 radical (unpaired) electrons. The third-order valence-electron chi connectivity index (χ3n) is 4.81. The first kappa shape index (κ1) is 13.1. The van der Waals surface area contributed by atoms with E-state index in [1.807, 2.05) is 0 Å². The molecule has 98 valence electrons. The molecule has 1 N–H and O–H groups in total. The summed E-state index contributed by atoms with van der Waals surface area (Å²) in [6.07, 6.45) is 10.3. The summed E-state index contributed by atoms with van der Waals surface area (Å²) in [5.74, 6) is 0. The molecule has 0 aromatic carbocycles. The SMILES string of the molecule is C=CC(C)N1CC2(CCCCC2)NCC1CC. The topological polar surface area (TPSA) is 15.3 Å². The molecule has 17 heavy (non-hydrogen) atoms. The molecule has 0 amide bonds. The Morgan fingerprint density at radius 3 is 2.71 bits per heavy atom. The van der Waals surface area contributed by atoms with E-state index in [0.29, 0.717) is 17.6 Å². The van der Waals surface area contributed by atoms with Crippen molar-refractivity contribution in [2.45, 2.75) is 70.0 Å². The van der Waals surface area contributed by atoms with E-state index in [2.05, 4.69) is 36.7 Å². The highest BCUT2D eigenvalue weighted by atomic mass is 15.3. The van der Waals surface area contributed by atoms with Crippen LogP contribution in [-0.4, -0.2) is 35.6 Å². The van der Waals surface area contributed by atoms with Crippen molar-refractivity contribution < 1.29 is 0 Å². The molecule has 1 aliphatic heterocycles. The van der Waals surface area contributed by atoms with Gasteiger partial charge < -0.3 is 5.32 Å². The Balaban J connectivity index is 2.07. The molecular weight excluding hydrogens is 208 g/mol.